The maximum absolute atomic E-state index is 11.6. The van der Waals surface area contributed by atoms with Crippen molar-refractivity contribution in [2.45, 2.75) is 0 Å². The van der Waals surface area contributed by atoms with Crippen LogP contribution in [0.25, 0.3) is 11.3 Å². The summed E-state index contributed by atoms with van der Waals surface area (Å²) in [6.07, 6.45) is 0. The molecule has 2 aromatic rings. The number of carbonyl (C=O) groups excluding carboxylic acids is 1. The molecule has 5 heteroatoms. The van der Waals surface area contributed by atoms with Crippen molar-refractivity contribution in [2.75, 3.05) is 26.0 Å². The molecule has 0 unspecified atom stereocenters. The molecular formula is C13H15N3OS. The number of nitrogens with zero attached hydrogens (tertiary/aromatic N) is 2. The van der Waals surface area contributed by atoms with Gasteiger partial charge in [-0.05, 0) is 14.1 Å². The molecule has 1 aromatic carbocycles. The van der Waals surface area contributed by atoms with Crippen molar-refractivity contribution in [1.29, 1.82) is 0 Å². The highest BCUT2D eigenvalue weighted by molar-refractivity contribution is 7.14. The lowest BCUT2D eigenvalue weighted by Crippen LogP contribution is -2.26. The average Bonchev–Trinajstić information content (AvgIpc) is 2.77. The summed E-state index contributed by atoms with van der Waals surface area (Å²) in [7, 11) is 3.72. The highest BCUT2D eigenvalue weighted by atomic mass is 32.1. The second-order valence-electron chi connectivity index (χ2n) is 4.19. The van der Waals surface area contributed by atoms with E-state index in [1.807, 2.05) is 54.7 Å². The van der Waals surface area contributed by atoms with Gasteiger partial charge in [0, 0.05) is 10.9 Å². The van der Waals surface area contributed by atoms with Crippen LogP contribution in [0.3, 0.4) is 0 Å². The first-order valence-electron chi connectivity index (χ1n) is 5.60. The number of anilines is 1. The van der Waals surface area contributed by atoms with Gasteiger partial charge in [-0.1, -0.05) is 30.3 Å². The van der Waals surface area contributed by atoms with Crippen LogP contribution >= 0.6 is 11.3 Å². The standard InChI is InChI=1S/C13H15N3OS/c1-16(2)8-12(17)15-13-14-11(9-18-13)10-6-4-3-5-7-10/h3-7,9H,8H2,1-2H3,(H,14,15,17). The summed E-state index contributed by atoms with van der Waals surface area (Å²) in [5, 5.41) is 5.37. The van der Waals surface area contributed by atoms with E-state index in [4.69, 9.17) is 0 Å². The van der Waals surface area contributed by atoms with Crippen LogP contribution in [0.2, 0.25) is 0 Å². The van der Waals surface area contributed by atoms with Crippen molar-refractivity contribution in [3.05, 3.63) is 35.7 Å². The molecule has 1 amide bonds. The Kier molecular flexibility index (Phi) is 4.07. The van der Waals surface area contributed by atoms with Crippen molar-refractivity contribution >= 4 is 22.4 Å². The topological polar surface area (TPSA) is 45.2 Å². The first kappa shape index (κ1) is 12.7. The van der Waals surface area contributed by atoms with Gasteiger partial charge < -0.3 is 10.2 Å². The van der Waals surface area contributed by atoms with Gasteiger partial charge in [0.2, 0.25) is 5.91 Å². The minimum absolute atomic E-state index is 0.0473. The maximum atomic E-state index is 11.6. The third kappa shape index (κ3) is 3.38. The van der Waals surface area contributed by atoms with E-state index in [1.54, 1.807) is 0 Å². The summed E-state index contributed by atoms with van der Waals surface area (Å²) in [5.74, 6) is -0.0473. The number of likely N-dealkylation sites (N-methyl/N-ethyl adjacent to an activating group) is 1. The Morgan fingerprint density at radius 1 is 1.33 bits per heavy atom. The summed E-state index contributed by atoms with van der Waals surface area (Å²) < 4.78 is 0. The lowest BCUT2D eigenvalue weighted by molar-refractivity contribution is -0.116. The van der Waals surface area contributed by atoms with E-state index in [2.05, 4.69) is 10.3 Å². The molecule has 0 saturated carbocycles. The van der Waals surface area contributed by atoms with E-state index in [0.29, 0.717) is 11.7 Å². The van der Waals surface area contributed by atoms with Crippen LogP contribution in [-0.2, 0) is 4.79 Å². The molecule has 94 valence electrons. The van der Waals surface area contributed by atoms with E-state index in [-0.39, 0.29) is 5.91 Å². The van der Waals surface area contributed by atoms with E-state index in [0.717, 1.165) is 11.3 Å². The van der Waals surface area contributed by atoms with E-state index >= 15 is 0 Å². The number of amides is 1. The van der Waals surface area contributed by atoms with E-state index in [9.17, 15) is 4.79 Å². The number of rotatable bonds is 4. The molecule has 18 heavy (non-hydrogen) atoms. The van der Waals surface area contributed by atoms with Crippen molar-refractivity contribution in [3.63, 3.8) is 0 Å². The van der Waals surface area contributed by atoms with Gasteiger partial charge in [0.25, 0.3) is 0 Å². The Morgan fingerprint density at radius 2 is 2.06 bits per heavy atom. The van der Waals surface area contributed by atoms with Crippen molar-refractivity contribution in [3.8, 4) is 11.3 Å². The van der Waals surface area contributed by atoms with Gasteiger partial charge in [-0.3, -0.25) is 4.79 Å². The predicted octanol–water partition coefficient (Wildman–Crippen LogP) is 2.31. The predicted molar refractivity (Wildman–Crippen MR) is 74.7 cm³/mol. The fraction of sp³-hybridized carbons (Fsp3) is 0.231. The van der Waals surface area contributed by atoms with E-state index in [1.165, 1.54) is 11.3 Å². The zero-order valence-electron chi connectivity index (χ0n) is 10.4. The van der Waals surface area contributed by atoms with Gasteiger partial charge >= 0.3 is 0 Å². The fourth-order valence-electron chi connectivity index (χ4n) is 1.52. The lowest BCUT2D eigenvalue weighted by atomic mass is 10.2. The monoisotopic (exact) mass is 261 g/mol. The molecule has 1 N–H and O–H groups in total. The number of nitrogens with one attached hydrogen (secondary N) is 1. The molecule has 0 fully saturated rings. The molecule has 1 heterocycles. The first-order chi connectivity index (χ1) is 8.65. The molecule has 0 atom stereocenters. The third-order valence-corrected chi connectivity index (χ3v) is 3.04. The minimum atomic E-state index is -0.0473. The van der Waals surface area contributed by atoms with Crippen LogP contribution in [0.4, 0.5) is 5.13 Å². The summed E-state index contributed by atoms with van der Waals surface area (Å²) in [6.45, 7) is 0.361. The van der Waals surface area contributed by atoms with Crippen LogP contribution in [0.15, 0.2) is 35.7 Å². The van der Waals surface area contributed by atoms with Crippen LogP contribution in [0.1, 0.15) is 0 Å². The Morgan fingerprint density at radius 3 is 2.72 bits per heavy atom. The Bertz CT molecular complexity index is 522. The number of hydrogen-bond acceptors (Lipinski definition) is 4. The fourth-order valence-corrected chi connectivity index (χ4v) is 2.25. The molecule has 0 aliphatic rings. The lowest BCUT2D eigenvalue weighted by Gasteiger charge is -2.07. The van der Waals surface area contributed by atoms with E-state index < -0.39 is 0 Å². The van der Waals surface area contributed by atoms with Crippen LogP contribution < -0.4 is 5.32 Å². The summed E-state index contributed by atoms with van der Waals surface area (Å²) >= 11 is 1.44. The van der Waals surface area contributed by atoms with Gasteiger partial charge in [0.1, 0.15) is 0 Å². The minimum Gasteiger partial charge on any atom is -0.301 e. The van der Waals surface area contributed by atoms with Crippen molar-refractivity contribution < 1.29 is 4.79 Å². The number of carbonyl (C=O) groups is 1. The van der Waals surface area contributed by atoms with Crippen LogP contribution in [0, 0.1) is 0 Å². The van der Waals surface area contributed by atoms with Gasteiger partial charge in [-0.25, -0.2) is 4.98 Å². The zero-order chi connectivity index (χ0) is 13.0. The molecule has 0 saturated heterocycles. The molecule has 0 spiro atoms. The normalized spacial score (nSPS) is 10.6. The average molecular weight is 261 g/mol. The molecule has 2 rings (SSSR count). The summed E-state index contributed by atoms with van der Waals surface area (Å²) in [4.78, 5) is 17.8. The molecule has 1 aromatic heterocycles. The zero-order valence-corrected chi connectivity index (χ0v) is 11.2. The van der Waals surface area contributed by atoms with Gasteiger partial charge in [-0.2, -0.15) is 0 Å². The Hall–Kier alpha value is -1.72. The molecule has 0 bridgehead atoms. The largest absolute Gasteiger partial charge is 0.301 e. The highest BCUT2D eigenvalue weighted by Gasteiger charge is 2.08. The molecule has 4 nitrogen and oxygen atoms in total. The second kappa shape index (κ2) is 5.75. The summed E-state index contributed by atoms with van der Waals surface area (Å²) in [6, 6.07) is 9.91. The van der Waals surface area contributed by atoms with Crippen LogP contribution in [0.5, 0.6) is 0 Å². The second-order valence-corrected chi connectivity index (χ2v) is 5.05. The smallest absolute Gasteiger partial charge is 0.240 e. The third-order valence-electron chi connectivity index (χ3n) is 2.28. The maximum Gasteiger partial charge on any atom is 0.240 e. The molecule has 0 aliphatic heterocycles. The van der Waals surface area contributed by atoms with Gasteiger partial charge in [-0.15, -0.1) is 11.3 Å². The summed E-state index contributed by atoms with van der Waals surface area (Å²) in [5.41, 5.74) is 1.95. The Balaban J connectivity index is 2.05. The Labute approximate surface area is 110 Å². The quantitative estimate of drug-likeness (QED) is 0.918. The number of benzene rings is 1. The molecular weight excluding hydrogens is 246 g/mol. The SMILES string of the molecule is CN(C)CC(=O)Nc1nc(-c2ccccc2)cs1. The number of thiazole rings is 1. The van der Waals surface area contributed by atoms with Crippen LogP contribution in [-0.4, -0.2) is 36.4 Å². The van der Waals surface area contributed by atoms with Crippen molar-refractivity contribution in [1.82, 2.24) is 9.88 Å². The van der Waals surface area contributed by atoms with Crippen molar-refractivity contribution in [2.24, 2.45) is 0 Å². The molecule has 0 aliphatic carbocycles. The number of hydrogen-bond donors (Lipinski definition) is 1. The number of aromatic nitrogens is 1. The highest BCUT2D eigenvalue weighted by Crippen LogP contribution is 2.24. The van der Waals surface area contributed by atoms with Gasteiger partial charge in [0.15, 0.2) is 5.13 Å². The molecule has 0 radical (unpaired) electrons. The first-order valence-corrected chi connectivity index (χ1v) is 6.48. The van der Waals surface area contributed by atoms with Gasteiger partial charge in [0.05, 0.1) is 12.2 Å².